The molecule has 0 heterocycles. The van der Waals surface area contributed by atoms with Gasteiger partial charge in [0, 0.05) is 6.54 Å². The predicted molar refractivity (Wildman–Crippen MR) is 92.4 cm³/mol. The second-order valence-electron chi connectivity index (χ2n) is 5.42. The van der Waals surface area contributed by atoms with E-state index in [1.54, 1.807) is 14.2 Å². The van der Waals surface area contributed by atoms with E-state index in [9.17, 15) is 0 Å². The van der Waals surface area contributed by atoms with Crippen LogP contribution in [0.3, 0.4) is 0 Å². The van der Waals surface area contributed by atoms with E-state index in [1.807, 2.05) is 30.3 Å². The maximum absolute atomic E-state index is 5.34. The lowest BCUT2D eigenvalue weighted by molar-refractivity contribution is 0.414. The molecule has 0 spiro atoms. The molecule has 0 saturated carbocycles. The van der Waals surface area contributed by atoms with Gasteiger partial charge in [-0.3, -0.25) is 0 Å². The maximum Gasteiger partial charge on any atom is 0.119 e. The van der Waals surface area contributed by atoms with Gasteiger partial charge in [0.05, 0.1) is 14.2 Å². The molecule has 0 saturated heterocycles. The Morgan fingerprint density at radius 1 is 0.955 bits per heavy atom. The number of methoxy groups -OCH3 is 2. The Kier molecular flexibility index (Phi) is 5.61. The number of rotatable bonds is 6. The Hall–Kier alpha value is -2.26. The fourth-order valence-corrected chi connectivity index (χ4v) is 2.32. The van der Waals surface area contributed by atoms with Gasteiger partial charge >= 0.3 is 0 Å². The van der Waals surface area contributed by atoms with E-state index in [4.69, 9.17) is 9.47 Å². The first kappa shape index (κ1) is 16.1. The van der Waals surface area contributed by atoms with E-state index in [0.29, 0.717) is 0 Å². The van der Waals surface area contributed by atoms with Gasteiger partial charge in [0.1, 0.15) is 11.5 Å². The third-order valence-electron chi connectivity index (χ3n) is 3.36. The molecule has 0 atom stereocenters. The van der Waals surface area contributed by atoms with Crippen molar-refractivity contribution in [2.45, 2.75) is 0 Å². The van der Waals surface area contributed by atoms with E-state index in [1.165, 1.54) is 5.57 Å². The van der Waals surface area contributed by atoms with E-state index >= 15 is 0 Å². The van der Waals surface area contributed by atoms with Crippen molar-refractivity contribution < 1.29 is 9.47 Å². The smallest absolute Gasteiger partial charge is 0.119 e. The minimum atomic E-state index is 0.852. The predicted octanol–water partition coefficient (Wildman–Crippen LogP) is 3.81. The van der Waals surface area contributed by atoms with Gasteiger partial charge in [-0.05, 0) is 61.1 Å². The average Bonchev–Trinajstić information content (AvgIpc) is 2.54. The minimum Gasteiger partial charge on any atom is -0.497 e. The van der Waals surface area contributed by atoms with Gasteiger partial charge in [-0.2, -0.15) is 0 Å². The molecule has 0 aromatic heterocycles. The molecular formula is C19H23NO2. The number of likely N-dealkylation sites (N-methyl/N-ethyl adjacent to an activating group) is 1. The first-order valence-electron chi connectivity index (χ1n) is 7.26. The van der Waals surface area contributed by atoms with E-state index in [2.05, 4.69) is 43.3 Å². The summed E-state index contributed by atoms with van der Waals surface area (Å²) >= 11 is 0. The van der Waals surface area contributed by atoms with Crippen molar-refractivity contribution in [3.63, 3.8) is 0 Å². The molecule has 0 aliphatic carbocycles. The van der Waals surface area contributed by atoms with Gasteiger partial charge in [-0.1, -0.05) is 24.3 Å². The topological polar surface area (TPSA) is 21.7 Å². The lowest BCUT2D eigenvalue weighted by Gasteiger charge is -2.15. The number of hydrogen-bond donors (Lipinski definition) is 0. The molecule has 0 fully saturated rings. The van der Waals surface area contributed by atoms with Gasteiger partial charge in [0.25, 0.3) is 0 Å². The second-order valence-corrected chi connectivity index (χ2v) is 5.42. The Labute approximate surface area is 132 Å². The largest absolute Gasteiger partial charge is 0.497 e. The third-order valence-corrected chi connectivity index (χ3v) is 3.36. The summed E-state index contributed by atoms with van der Waals surface area (Å²) in [6.07, 6.45) is 2.19. The highest BCUT2D eigenvalue weighted by Gasteiger charge is 2.06. The Morgan fingerprint density at radius 2 is 1.59 bits per heavy atom. The summed E-state index contributed by atoms with van der Waals surface area (Å²) < 4.78 is 10.6. The molecule has 0 aliphatic rings. The Balaban J connectivity index is 2.41. The zero-order valence-electron chi connectivity index (χ0n) is 13.7. The first-order chi connectivity index (χ1) is 10.6. The molecule has 0 N–H and O–H groups in total. The van der Waals surface area contributed by atoms with Gasteiger partial charge in [-0.25, -0.2) is 0 Å². The molecule has 3 heteroatoms. The van der Waals surface area contributed by atoms with Crippen molar-refractivity contribution >= 4 is 11.6 Å². The normalized spacial score (nSPS) is 11.6. The van der Waals surface area contributed by atoms with Gasteiger partial charge in [-0.15, -0.1) is 0 Å². The van der Waals surface area contributed by atoms with Crippen molar-refractivity contribution in [2.75, 3.05) is 34.9 Å². The van der Waals surface area contributed by atoms with Crippen LogP contribution in [0.5, 0.6) is 11.5 Å². The van der Waals surface area contributed by atoms with Crippen LogP contribution in [-0.2, 0) is 0 Å². The summed E-state index contributed by atoms with van der Waals surface area (Å²) in [5.41, 5.74) is 3.52. The summed E-state index contributed by atoms with van der Waals surface area (Å²) in [7, 11) is 7.52. The summed E-state index contributed by atoms with van der Waals surface area (Å²) in [6.45, 7) is 0.852. The molecule has 116 valence electrons. The molecule has 0 radical (unpaired) electrons. The van der Waals surface area contributed by atoms with Crippen LogP contribution >= 0.6 is 0 Å². The summed E-state index contributed by atoms with van der Waals surface area (Å²) in [5.74, 6) is 1.73. The van der Waals surface area contributed by atoms with Crippen LogP contribution in [0.1, 0.15) is 11.1 Å². The number of ether oxygens (including phenoxy) is 2. The van der Waals surface area contributed by atoms with E-state index in [-0.39, 0.29) is 0 Å². The minimum absolute atomic E-state index is 0.852. The second kappa shape index (κ2) is 7.66. The highest BCUT2D eigenvalue weighted by atomic mass is 16.5. The SMILES string of the molecule is COc1cccc(C=C(CN(C)C)c2cccc(OC)c2)c1. The summed E-state index contributed by atoms with van der Waals surface area (Å²) in [5, 5.41) is 0. The number of hydrogen-bond acceptors (Lipinski definition) is 3. The van der Waals surface area contributed by atoms with Crippen LogP contribution in [0, 0.1) is 0 Å². The summed E-state index contributed by atoms with van der Waals surface area (Å²) in [4.78, 5) is 2.16. The van der Waals surface area contributed by atoms with Gasteiger partial charge in [0.15, 0.2) is 0 Å². The molecule has 2 aromatic carbocycles. The molecule has 2 rings (SSSR count). The van der Waals surface area contributed by atoms with Crippen LogP contribution in [0.15, 0.2) is 48.5 Å². The molecular weight excluding hydrogens is 274 g/mol. The van der Waals surface area contributed by atoms with Crippen LogP contribution in [0.4, 0.5) is 0 Å². The lowest BCUT2D eigenvalue weighted by Crippen LogP contribution is -2.14. The van der Waals surface area contributed by atoms with Crippen LogP contribution in [0.2, 0.25) is 0 Å². The van der Waals surface area contributed by atoms with Crippen LogP contribution < -0.4 is 9.47 Å². The standard InChI is InChI=1S/C19H23NO2/c1-20(2)14-17(16-8-6-10-19(13-16)22-4)11-15-7-5-9-18(12-15)21-3/h5-13H,14H2,1-4H3. The van der Waals surface area contributed by atoms with Crippen molar-refractivity contribution in [1.82, 2.24) is 4.90 Å². The lowest BCUT2D eigenvalue weighted by atomic mass is 10.0. The monoisotopic (exact) mass is 297 g/mol. The zero-order valence-corrected chi connectivity index (χ0v) is 13.7. The highest BCUT2D eigenvalue weighted by Crippen LogP contribution is 2.24. The molecule has 3 nitrogen and oxygen atoms in total. The third kappa shape index (κ3) is 4.37. The number of benzene rings is 2. The zero-order chi connectivity index (χ0) is 15.9. The van der Waals surface area contributed by atoms with E-state index < -0.39 is 0 Å². The van der Waals surface area contributed by atoms with Crippen LogP contribution in [-0.4, -0.2) is 39.8 Å². The molecule has 22 heavy (non-hydrogen) atoms. The molecule has 0 unspecified atom stereocenters. The van der Waals surface area contributed by atoms with Crippen molar-refractivity contribution in [3.8, 4) is 11.5 Å². The van der Waals surface area contributed by atoms with Gasteiger partial charge in [0.2, 0.25) is 0 Å². The number of nitrogens with zero attached hydrogens (tertiary/aromatic N) is 1. The average molecular weight is 297 g/mol. The van der Waals surface area contributed by atoms with Crippen molar-refractivity contribution in [3.05, 3.63) is 59.7 Å². The molecule has 0 bridgehead atoms. The summed E-state index contributed by atoms with van der Waals surface area (Å²) in [6, 6.07) is 16.2. The van der Waals surface area contributed by atoms with Crippen molar-refractivity contribution in [1.29, 1.82) is 0 Å². The maximum atomic E-state index is 5.34. The quantitative estimate of drug-likeness (QED) is 0.757. The molecule has 0 aliphatic heterocycles. The molecule has 2 aromatic rings. The Morgan fingerprint density at radius 3 is 2.23 bits per heavy atom. The van der Waals surface area contributed by atoms with E-state index in [0.717, 1.165) is 29.2 Å². The fraction of sp³-hybridized carbons (Fsp3) is 0.263. The Bertz CT molecular complexity index is 647. The fourth-order valence-electron chi connectivity index (χ4n) is 2.32. The van der Waals surface area contributed by atoms with Crippen LogP contribution in [0.25, 0.3) is 11.6 Å². The van der Waals surface area contributed by atoms with Gasteiger partial charge < -0.3 is 14.4 Å². The van der Waals surface area contributed by atoms with Crippen molar-refractivity contribution in [2.24, 2.45) is 0 Å². The molecule has 0 amide bonds. The first-order valence-corrected chi connectivity index (χ1v) is 7.26. The highest BCUT2D eigenvalue weighted by molar-refractivity contribution is 5.83.